The molecular weight excluding hydrogens is 270 g/mol. The number of carbonyl (C=O) groups is 1. The van der Waals surface area contributed by atoms with E-state index in [0.29, 0.717) is 12.3 Å². The van der Waals surface area contributed by atoms with Gasteiger partial charge in [-0.2, -0.15) is 0 Å². The van der Waals surface area contributed by atoms with Gasteiger partial charge in [-0.1, -0.05) is 28.1 Å². The van der Waals surface area contributed by atoms with Crippen molar-refractivity contribution in [2.45, 2.75) is 6.42 Å². The minimum Gasteiger partial charge on any atom is -0.381 e. The third-order valence-corrected chi connectivity index (χ3v) is 3.04. The lowest BCUT2D eigenvalue weighted by atomic mass is 10.1. The average molecular weight is 284 g/mol. The summed E-state index contributed by atoms with van der Waals surface area (Å²) < 4.78 is 6.05. The summed E-state index contributed by atoms with van der Waals surface area (Å²) in [5.74, 6) is 0.580. The van der Waals surface area contributed by atoms with E-state index in [-0.39, 0.29) is 5.91 Å². The highest BCUT2D eigenvalue weighted by molar-refractivity contribution is 9.10. The summed E-state index contributed by atoms with van der Waals surface area (Å²) >= 11 is 3.39. The van der Waals surface area contributed by atoms with Crippen molar-refractivity contribution in [2.75, 3.05) is 19.8 Å². The minimum atomic E-state index is 0.0741. The van der Waals surface area contributed by atoms with Crippen LogP contribution in [0.25, 0.3) is 0 Å². The van der Waals surface area contributed by atoms with Gasteiger partial charge < -0.3 is 10.1 Å². The topological polar surface area (TPSA) is 38.3 Å². The minimum absolute atomic E-state index is 0.0741. The molecule has 86 valence electrons. The Labute approximate surface area is 103 Å². The van der Waals surface area contributed by atoms with Gasteiger partial charge in [-0.25, -0.2) is 0 Å². The lowest BCUT2D eigenvalue weighted by molar-refractivity contribution is -0.121. The van der Waals surface area contributed by atoms with Gasteiger partial charge >= 0.3 is 0 Å². The molecule has 0 atom stereocenters. The van der Waals surface area contributed by atoms with Crippen molar-refractivity contribution in [3.8, 4) is 0 Å². The molecule has 1 aromatic rings. The number of rotatable bonds is 4. The van der Waals surface area contributed by atoms with E-state index in [1.54, 1.807) is 0 Å². The number of nitrogens with one attached hydrogen (secondary N) is 1. The zero-order valence-electron chi connectivity index (χ0n) is 8.91. The highest BCUT2D eigenvalue weighted by atomic mass is 79.9. The van der Waals surface area contributed by atoms with Gasteiger partial charge in [-0.05, 0) is 17.7 Å². The largest absolute Gasteiger partial charge is 0.381 e. The van der Waals surface area contributed by atoms with Crippen LogP contribution in [0.1, 0.15) is 5.56 Å². The molecule has 2 rings (SSSR count). The van der Waals surface area contributed by atoms with Crippen molar-refractivity contribution in [3.05, 3.63) is 34.3 Å². The third kappa shape index (κ3) is 3.32. The summed E-state index contributed by atoms with van der Waals surface area (Å²) in [5.41, 5.74) is 1.02. The van der Waals surface area contributed by atoms with Gasteiger partial charge in [0, 0.05) is 16.9 Å². The molecule has 3 nitrogen and oxygen atoms in total. The van der Waals surface area contributed by atoms with Crippen LogP contribution < -0.4 is 5.32 Å². The van der Waals surface area contributed by atoms with E-state index in [2.05, 4.69) is 21.2 Å². The Hall–Kier alpha value is -0.870. The molecule has 0 saturated carbocycles. The maximum Gasteiger partial charge on any atom is 0.224 e. The van der Waals surface area contributed by atoms with Crippen LogP contribution in [0.2, 0.25) is 0 Å². The van der Waals surface area contributed by atoms with E-state index in [4.69, 9.17) is 4.74 Å². The molecule has 0 aliphatic carbocycles. The van der Waals surface area contributed by atoms with Crippen molar-refractivity contribution in [1.29, 1.82) is 0 Å². The van der Waals surface area contributed by atoms with Crippen LogP contribution in [0.4, 0.5) is 0 Å². The maximum atomic E-state index is 11.6. The van der Waals surface area contributed by atoms with Crippen molar-refractivity contribution >= 4 is 21.8 Å². The lowest BCUT2D eigenvalue weighted by Crippen LogP contribution is -2.39. The summed E-state index contributed by atoms with van der Waals surface area (Å²) in [6, 6.07) is 7.81. The predicted molar refractivity (Wildman–Crippen MR) is 65.2 cm³/mol. The third-order valence-electron chi connectivity index (χ3n) is 2.55. The monoisotopic (exact) mass is 283 g/mol. The van der Waals surface area contributed by atoms with Gasteiger partial charge in [0.1, 0.15) is 0 Å². The Morgan fingerprint density at radius 1 is 1.50 bits per heavy atom. The van der Waals surface area contributed by atoms with Crippen molar-refractivity contribution in [3.63, 3.8) is 0 Å². The number of amides is 1. The van der Waals surface area contributed by atoms with E-state index < -0.39 is 0 Å². The highest BCUT2D eigenvalue weighted by Gasteiger charge is 2.18. The van der Waals surface area contributed by atoms with Crippen LogP contribution >= 0.6 is 15.9 Å². The number of benzene rings is 1. The zero-order chi connectivity index (χ0) is 11.4. The molecule has 0 radical (unpaired) electrons. The zero-order valence-corrected chi connectivity index (χ0v) is 10.5. The first-order valence-electron chi connectivity index (χ1n) is 5.33. The molecule has 0 unspecified atom stereocenters. The van der Waals surface area contributed by atoms with Crippen LogP contribution in [-0.4, -0.2) is 25.7 Å². The van der Waals surface area contributed by atoms with E-state index in [0.717, 1.165) is 29.8 Å². The van der Waals surface area contributed by atoms with E-state index >= 15 is 0 Å². The number of carbonyl (C=O) groups excluding carboxylic acids is 1. The van der Waals surface area contributed by atoms with Crippen molar-refractivity contribution in [2.24, 2.45) is 5.92 Å². The Balaban J connectivity index is 1.77. The van der Waals surface area contributed by atoms with Gasteiger partial charge in [-0.15, -0.1) is 0 Å². The molecule has 1 heterocycles. The Bertz CT molecular complexity index is 377. The van der Waals surface area contributed by atoms with E-state index in [1.807, 2.05) is 24.3 Å². The molecule has 1 fully saturated rings. The quantitative estimate of drug-likeness (QED) is 0.915. The molecule has 1 saturated heterocycles. The van der Waals surface area contributed by atoms with Gasteiger partial charge in [-0.3, -0.25) is 4.79 Å². The molecule has 1 aromatic carbocycles. The first kappa shape index (κ1) is 11.6. The van der Waals surface area contributed by atoms with Gasteiger partial charge in [0.15, 0.2) is 0 Å². The summed E-state index contributed by atoms with van der Waals surface area (Å²) in [6.07, 6.45) is 0.438. The molecule has 0 spiro atoms. The fourth-order valence-electron chi connectivity index (χ4n) is 1.56. The van der Waals surface area contributed by atoms with E-state index in [1.165, 1.54) is 0 Å². The van der Waals surface area contributed by atoms with Gasteiger partial charge in [0.25, 0.3) is 0 Å². The van der Waals surface area contributed by atoms with E-state index in [9.17, 15) is 4.79 Å². The molecule has 0 bridgehead atoms. The maximum absolute atomic E-state index is 11.6. The second kappa shape index (κ2) is 5.46. The molecule has 4 heteroatoms. The molecule has 1 amide bonds. The standard InChI is InChI=1S/C12H14BrNO2/c13-11-3-1-2-9(4-11)5-12(15)14-6-10-7-16-8-10/h1-4,10H,5-8H2,(H,14,15). The molecule has 1 aliphatic rings. The highest BCUT2D eigenvalue weighted by Crippen LogP contribution is 2.12. The molecule has 0 aromatic heterocycles. The number of hydrogen-bond acceptors (Lipinski definition) is 2. The van der Waals surface area contributed by atoms with Crippen LogP contribution in [0.3, 0.4) is 0 Å². The lowest BCUT2D eigenvalue weighted by Gasteiger charge is -2.25. The smallest absolute Gasteiger partial charge is 0.224 e. The second-order valence-corrected chi connectivity index (χ2v) is 4.93. The summed E-state index contributed by atoms with van der Waals surface area (Å²) in [6.45, 7) is 2.28. The summed E-state index contributed by atoms with van der Waals surface area (Å²) in [7, 11) is 0. The predicted octanol–water partition coefficient (Wildman–Crippen LogP) is 1.75. The van der Waals surface area contributed by atoms with Crippen LogP contribution in [0.5, 0.6) is 0 Å². The van der Waals surface area contributed by atoms with Gasteiger partial charge in [0.2, 0.25) is 5.91 Å². The Morgan fingerprint density at radius 3 is 2.94 bits per heavy atom. The summed E-state index contributed by atoms with van der Waals surface area (Å²) in [4.78, 5) is 11.6. The fraction of sp³-hybridized carbons (Fsp3) is 0.417. The second-order valence-electron chi connectivity index (χ2n) is 4.01. The average Bonchev–Trinajstić information content (AvgIpc) is 2.15. The Morgan fingerprint density at radius 2 is 2.31 bits per heavy atom. The first-order chi connectivity index (χ1) is 7.74. The van der Waals surface area contributed by atoms with Crippen LogP contribution in [-0.2, 0) is 16.0 Å². The number of ether oxygens (including phenoxy) is 1. The SMILES string of the molecule is O=C(Cc1cccc(Br)c1)NCC1COC1. The van der Waals surface area contributed by atoms with Gasteiger partial charge in [0.05, 0.1) is 19.6 Å². The molecular formula is C12H14BrNO2. The molecule has 1 N–H and O–H groups in total. The molecule has 16 heavy (non-hydrogen) atoms. The first-order valence-corrected chi connectivity index (χ1v) is 6.12. The van der Waals surface area contributed by atoms with Crippen LogP contribution in [0, 0.1) is 5.92 Å². The number of hydrogen-bond donors (Lipinski definition) is 1. The summed E-state index contributed by atoms with van der Waals surface area (Å²) in [5, 5.41) is 2.92. The normalized spacial score (nSPS) is 15.6. The van der Waals surface area contributed by atoms with Crippen molar-refractivity contribution in [1.82, 2.24) is 5.32 Å². The number of halogens is 1. The molecule has 1 aliphatic heterocycles. The van der Waals surface area contributed by atoms with Crippen LogP contribution in [0.15, 0.2) is 28.7 Å². The fourth-order valence-corrected chi connectivity index (χ4v) is 2.00. The Kier molecular flexibility index (Phi) is 3.96. The van der Waals surface area contributed by atoms with Crippen molar-refractivity contribution < 1.29 is 9.53 Å².